The van der Waals surface area contributed by atoms with Crippen molar-refractivity contribution in [2.45, 2.75) is 98.4 Å². The molecule has 0 radical (unpaired) electrons. The smallest absolute Gasteiger partial charge is 0.263 e. The molecule has 310 valence electrons. The lowest BCUT2D eigenvalue weighted by Gasteiger charge is -2.36. The van der Waals surface area contributed by atoms with Gasteiger partial charge in [0.25, 0.3) is 11.5 Å². The number of carbonyl (C=O) groups is 3. The lowest BCUT2D eigenvalue weighted by atomic mass is 10.0. The average Bonchev–Trinajstić information content (AvgIpc) is 3.87. The molecule has 2 fully saturated rings. The predicted octanol–water partition coefficient (Wildman–Crippen LogP) is 7.90. The van der Waals surface area contributed by atoms with E-state index >= 15 is 0 Å². The fourth-order valence-corrected chi connectivity index (χ4v) is 8.91. The second-order valence-corrected chi connectivity index (χ2v) is 16.9. The van der Waals surface area contributed by atoms with Gasteiger partial charge in [0, 0.05) is 72.9 Å². The summed E-state index contributed by atoms with van der Waals surface area (Å²) in [7, 11) is 0. The van der Waals surface area contributed by atoms with E-state index in [1.54, 1.807) is 17.7 Å². The van der Waals surface area contributed by atoms with E-state index in [4.69, 9.17) is 4.98 Å². The first-order valence-corrected chi connectivity index (χ1v) is 21.6. The molecule has 0 unspecified atom stereocenters. The molecule has 1 aliphatic carbocycles. The Morgan fingerprint density at radius 2 is 1.64 bits per heavy atom. The van der Waals surface area contributed by atoms with Crippen LogP contribution in [-0.2, 0) is 4.79 Å². The van der Waals surface area contributed by atoms with Crippen molar-refractivity contribution in [3.63, 3.8) is 0 Å². The van der Waals surface area contributed by atoms with Gasteiger partial charge in [-0.3, -0.25) is 29.1 Å². The van der Waals surface area contributed by atoms with Crippen LogP contribution in [0, 0.1) is 27.7 Å². The zero-order valence-corrected chi connectivity index (χ0v) is 35.5. The van der Waals surface area contributed by atoms with Crippen LogP contribution >= 0.6 is 11.3 Å². The minimum Gasteiger partial charge on any atom is -0.385 e. The summed E-state index contributed by atoms with van der Waals surface area (Å²) in [6.45, 7) is 12.7. The van der Waals surface area contributed by atoms with Crippen molar-refractivity contribution in [1.82, 2.24) is 29.4 Å². The van der Waals surface area contributed by atoms with Gasteiger partial charge in [-0.25, -0.2) is 15.0 Å². The Labute approximate surface area is 348 Å². The Kier molecular flexibility index (Phi) is 13.0. The maximum atomic E-state index is 13.6. The third-order valence-electron chi connectivity index (χ3n) is 11.6. The highest BCUT2D eigenvalue weighted by Gasteiger charge is 2.26. The minimum atomic E-state index is -0.278. The summed E-state index contributed by atoms with van der Waals surface area (Å²) in [5.41, 5.74) is 5.44. The number of hydrogen-bond donors (Lipinski definition) is 3. The molecule has 2 aliphatic rings. The number of aryl methyl sites for hydroxylation is 4. The summed E-state index contributed by atoms with van der Waals surface area (Å²) in [6, 6.07) is 9.74. The molecule has 0 spiro atoms. The van der Waals surface area contributed by atoms with Gasteiger partial charge < -0.3 is 20.4 Å². The standard InChI is InChI=1S/C44H54N10O4S/c1-27-15-16-32(24-35(27)41(57)51-44-48-29(3)31(5)59-44)45-19-11-7-6-8-14-38(56)53-22-20-52(21-23-53)34-17-18-37(46-25-34)49-43-47-26-36-28(2)39(30(4)55)42(58)54(40(36)50-43)33-12-9-10-13-33/h15-18,24-26,33,45H,6-14,19-23H2,1-5H3,(H,48,51,57)(H,46,47,49,50). The van der Waals surface area contributed by atoms with Crippen LogP contribution < -0.4 is 26.4 Å². The van der Waals surface area contributed by atoms with Crippen LogP contribution in [-0.4, -0.2) is 79.7 Å². The van der Waals surface area contributed by atoms with E-state index in [1.165, 1.54) is 18.3 Å². The molecule has 0 bridgehead atoms. The number of nitrogens with zero attached hydrogens (tertiary/aromatic N) is 7. The number of anilines is 5. The quantitative estimate of drug-likeness (QED) is 0.0694. The molecule has 0 atom stereocenters. The van der Waals surface area contributed by atoms with E-state index < -0.39 is 0 Å². The molecule has 2 amide bonds. The molecular formula is C44H54N10O4S. The van der Waals surface area contributed by atoms with E-state index in [2.05, 4.69) is 35.8 Å². The Morgan fingerprint density at radius 3 is 2.34 bits per heavy atom. The number of aromatic nitrogens is 5. The highest BCUT2D eigenvalue weighted by molar-refractivity contribution is 7.15. The van der Waals surface area contributed by atoms with Crippen LogP contribution in [0.1, 0.15) is 113 Å². The van der Waals surface area contributed by atoms with Crippen LogP contribution in [0.2, 0.25) is 0 Å². The van der Waals surface area contributed by atoms with E-state index in [0.717, 1.165) is 98.5 Å². The number of amides is 2. The summed E-state index contributed by atoms with van der Waals surface area (Å²) in [4.78, 5) is 75.6. The third kappa shape index (κ3) is 9.62. The highest BCUT2D eigenvalue weighted by Crippen LogP contribution is 2.32. The lowest BCUT2D eigenvalue weighted by Crippen LogP contribution is -2.48. The first kappa shape index (κ1) is 41.5. The van der Waals surface area contributed by atoms with Crippen molar-refractivity contribution in [1.29, 1.82) is 0 Å². The summed E-state index contributed by atoms with van der Waals surface area (Å²) >= 11 is 1.48. The van der Waals surface area contributed by atoms with Gasteiger partial charge in [-0.05, 0) is 95.7 Å². The van der Waals surface area contributed by atoms with Crippen molar-refractivity contribution in [3.8, 4) is 0 Å². The Morgan fingerprint density at radius 1 is 0.881 bits per heavy atom. The van der Waals surface area contributed by atoms with Gasteiger partial charge in [0.05, 0.1) is 23.1 Å². The molecule has 14 nitrogen and oxygen atoms in total. The first-order chi connectivity index (χ1) is 28.5. The summed E-state index contributed by atoms with van der Waals surface area (Å²) in [5.74, 6) is 0.711. The predicted molar refractivity (Wildman–Crippen MR) is 235 cm³/mol. The molecule has 15 heteroatoms. The average molecular weight is 819 g/mol. The number of hydrogen-bond acceptors (Lipinski definition) is 12. The van der Waals surface area contributed by atoms with Crippen LogP contribution in [0.15, 0.2) is 47.5 Å². The van der Waals surface area contributed by atoms with E-state index in [1.807, 2.05) is 62.2 Å². The van der Waals surface area contributed by atoms with Crippen molar-refractivity contribution < 1.29 is 14.4 Å². The monoisotopic (exact) mass is 818 g/mol. The lowest BCUT2D eigenvalue weighted by molar-refractivity contribution is -0.131. The Bertz CT molecular complexity index is 2380. The van der Waals surface area contributed by atoms with Crippen molar-refractivity contribution in [2.75, 3.05) is 53.6 Å². The molecule has 3 N–H and O–H groups in total. The number of thiazole rings is 1. The largest absolute Gasteiger partial charge is 0.385 e. The fraction of sp³-hybridized carbons (Fsp3) is 0.455. The topological polar surface area (TPSA) is 167 Å². The zero-order chi connectivity index (χ0) is 41.6. The fourth-order valence-electron chi connectivity index (χ4n) is 8.10. The number of fused-ring (bicyclic) bond motifs is 1. The summed E-state index contributed by atoms with van der Waals surface area (Å²) < 4.78 is 1.71. The second-order valence-electron chi connectivity index (χ2n) is 15.7. The van der Waals surface area contributed by atoms with Gasteiger partial charge >= 0.3 is 0 Å². The van der Waals surface area contributed by atoms with Crippen LogP contribution in [0.3, 0.4) is 0 Å². The number of Topliss-reactive ketones (excluding diaryl/α,β-unsaturated/α-hetero) is 1. The van der Waals surface area contributed by atoms with Crippen molar-refractivity contribution >= 4 is 68.2 Å². The zero-order valence-electron chi connectivity index (χ0n) is 34.7. The molecule has 7 rings (SSSR count). The SMILES string of the molecule is CC(=O)c1c(C)c2cnc(Nc3ccc(N4CCN(C(=O)CCCCCCNc5ccc(C)c(C(=O)Nc6nc(C)c(C)s6)c5)CC4)cn3)nc2n(C2CCCC2)c1=O. The number of benzene rings is 1. The first-order valence-electron chi connectivity index (χ1n) is 20.7. The maximum absolute atomic E-state index is 13.6. The number of piperazine rings is 1. The Balaban J connectivity index is 0.832. The molecule has 4 aromatic heterocycles. The third-order valence-corrected chi connectivity index (χ3v) is 12.6. The molecule has 1 saturated carbocycles. The Hall–Kier alpha value is -5.70. The normalized spacial score (nSPS) is 14.5. The number of carbonyl (C=O) groups excluding carboxylic acids is 3. The number of pyridine rings is 2. The molecule has 5 heterocycles. The molecule has 1 aromatic carbocycles. The molecule has 59 heavy (non-hydrogen) atoms. The van der Waals surface area contributed by atoms with Crippen molar-refractivity contribution in [2.24, 2.45) is 0 Å². The molecule has 1 aliphatic heterocycles. The highest BCUT2D eigenvalue weighted by atomic mass is 32.1. The van der Waals surface area contributed by atoms with Crippen molar-refractivity contribution in [3.05, 3.63) is 85.9 Å². The minimum absolute atomic E-state index is 0.00618. The number of rotatable bonds is 15. The second kappa shape index (κ2) is 18.5. The number of unbranched alkanes of at least 4 members (excludes halogenated alkanes) is 3. The summed E-state index contributed by atoms with van der Waals surface area (Å²) in [5, 5.41) is 10.9. The van der Waals surface area contributed by atoms with Crippen LogP contribution in [0.5, 0.6) is 0 Å². The van der Waals surface area contributed by atoms with E-state index in [0.29, 0.717) is 58.6 Å². The molecule has 1 saturated heterocycles. The van der Waals surface area contributed by atoms with Gasteiger partial charge in [0.15, 0.2) is 10.9 Å². The molecular weight excluding hydrogens is 765 g/mol. The van der Waals surface area contributed by atoms with Gasteiger partial charge in [-0.15, -0.1) is 11.3 Å². The van der Waals surface area contributed by atoms with Gasteiger partial charge in [0.1, 0.15) is 11.5 Å². The van der Waals surface area contributed by atoms with Gasteiger partial charge in [-0.1, -0.05) is 31.7 Å². The van der Waals surface area contributed by atoms with E-state index in [-0.39, 0.29) is 34.8 Å². The van der Waals surface area contributed by atoms with Gasteiger partial charge in [0.2, 0.25) is 11.9 Å². The number of ketones is 1. The van der Waals surface area contributed by atoms with Crippen LogP contribution in [0.25, 0.3) is 11.0 Å². The summed E-state index contributed by atoms with van der Waals surface area (Å²) in [6.07, 6.45) is 11.7. The van der Waals surface area contributed by atoms with Crippen LogP contribution in [0.4, 0.5) is 28.3 Å². The molecule has 5 aromatic rings. The van der Waals surface area contributed by atoms with Gasteiger partial charge in [-0.2, -0.15) is 4.98 Å². The maximum Gasteiger partial charge on any atom is 0.263 e. The number of nitrogens with one attached hydrogen (secondary N) is 3. The van der Waals surface area contributed by atoms with E-state index in [9.17, 15) is 19.2 Å².